The molecule has 0 aromatic heterocycles. The number of carbonyl (C=O) groups excluding carboxylic acids is 3. The number of carbonyl (C=O) groups is 3. The SMILES string of the molecule is CCC(=O)N1CCC(NC(=O)CNC(=O)[C@@H](N)C(C)C)C1. The highest BCUT2D eigenvalue weighted by Gasteiger charge is 2.26. The number of hydrogen-bond donors (Lipinski definition) is 3. The van der Waals surface area contributed by atoms with E-state index >= 15 is 0 Å². The second-order valence-corrected chi connectivity index (χ2v) is 5.73. The van der Waals surface area contributed by atoms with E-state index in [1.54, 1.807) is 4.90 Å². The third-order valence-electron chi connectivity index (χ3n) is 3.65. The van der Waals surface area contributed by atoms with Crippen molar-refractivity contribution in [3.63, 3.8) is 0 Å². The molecule has 1 aliphatic rings. The van der Waals surface area contributed by atoms with Crippen molar-refractivity contribution < 1.29 is 14.4 Å². The minimum Gasteiger partial charge on any atom is -0.350 e. The lowest BCUT2D eigenvalue weighted by Crippen LogP contribution is -2.48. The number of nitrogens with one attached hydrogen (secondary N) is 2. The molecule has 1 fully saturated rings. The maximum atomic E-state index is 11.8. The molecule has 1 rings (SSSR count). The van der Waals surface area contributed by atoms with Gasteiger partial charge in [-0.15, -0.1) is 0 Å². The van der Waals surface area contributed by atoms with Gasteiger partial charge < -0.3 is 21.3 Å². The van der Waals surface area contributed by atoms with E-state index in [0.717, 1.165) is 6.42 Å². The first-order chi connectivity index (χ1) is 9.85. The maximum absolute atomic E-state index is 11.8. The lowest BCUT2D eigenvalue weighted by Gasteiger charge is -2.17. The summed E-state index contributed by atoms with van der Waals surface area (Å²) in [7, 11) is 0. The molecule has 0 saturated carbocycles. The molecule has 7 heteroatoms. The van der Waals surface area contributed by atoms with Crippen molar-refractivity contribution in [2.24, 2.45) is 11.7 Å². The lowest BCUT2D eigenvalue weighted by atomic mass is 10.1. The van der Waals surface area contributed by atoms with Crippen LogP contribution in [0.25, 0.3) is 0 Å². The lowest BCUT2D eigenvalue weighted by molar-refractivity contribution is -0.130. The molecular formula is C14H26N4O3. The van der Waals surface area contributed by atoms with Gasteiger partial charge in [-0.1, -0.05) is 20.8 Å². The van der Waals surface area contributed by atoms with Gasteiger partial charge in [0.25, 0.3) is 0 Å². The van der Waals surface area contributed by atoms with E-state index in [2.05, 4.69) is 10.6 Å². The molecular weight excluding hydrogens is 272 g/mol. The monoisotopic (exact) mass is 298 g/mol. The molecule has 2 atom stereocenters. The summed E-state index contributed by atoms with van der Waals surface area (Å²) in [5.74, 6) is -0.455. The standard InChI is InChI=1S/C14H26N4O3/c1-4-12(20)18-6-5-10(8-18)17-11(19)7-16-14(21)13(15)9(2)3/h9-10,13H,4-8,15H2,1-3H3,(H,16,21)(H,17,19)/t10?,13-/m0/s1. The summed E-state index contributed by atoms with van der Waals surface area (Å²) in [5.41, 5.74) is 5.69. The first-order valence-electron chi connectivity index (χ1n) is 7.45. The summed E-state index contributed by atoms with van der Waals surface area (Å²) < 4.78 is 0. The molecule has 0 radical (unpaired) electrons. The average molecular weight is 298 g/mol. The van der Waals surface area contributed by atoms with Crippen molar-refractivity contribution in [1.29, 1.82) is 0 Å². The fourth-order valence-corrected chi connectivity index (χ4v) is 2.19. The van der Waals surface area contributed by atoms with Gasteiger partial charge in [-0.3, -0.25) is 14.4 Å². The van der Waals surface area contributed by atoms with Crippen LogP contribution in [0.4, 0.5) is 0 Å². The van der Waals surface area contributed by atoms with E-state index in [0.29, 0.717) is 19.5 Å². The fourth-order valence-electron chi connectivity index (χ4n) is 2.19. The van der Waals surface area contributed by atoms with Gasteiger partial charge in [0.2, 0.25) is 17.7 Å². The first-order valence-corrected chi connectivity index (χ1v) is 7.45. The van der Waals surface area contributed by atoms with E-state index < -0.39 is 6.04 Å². The van der Waals surface area contributed by atoms with Crippen LogP contribution in [0.2, 0.25) is 0 Å². The number of likely N-dealkylation sites (tertiary alicyclic amines) is 1. The van der Waals surface area contributed by atoms with E-state index in [1.165, 1.54) is 0 Å². The van der Waals surface area contributed by atoms with Crippen LogP contribution in [0.3, 0.4) is 0 Å². The van der Waals surface area contributed by atoms with Crippen molar-refractivity contribution in [3.05, 3.63) is 0 Å². The Morgan fingerprint density at radius 3 is 2.57 bits per heavy atom. The Hall–Kier alpha value is -1.63. The van der Waals surface area contributed by atoms with Crippen LogP contribution in [-0.4, -0.2) is 54.3 Å². The summed E-state index contributed by atoms with van der Waals surface area (Å²) in [6.07, 6.45) is 1.22. The molecule has 21 heavy (non-hydrogen) atoms. The Bertz CT molecular complexity index is 398. The van der Waals surface area contributed by atoms with E-state index in [1.807, 2.05) is 20.8 Å². The number of rotatable bonds is 6. The minimum atomic E-state index is -0.609. The Morgan fingerprint density at radius 1 is 1.33 bits per heavy atom. The van der Waals surface area contributed by atoms with Gasteiger partial charge in [-0.2, -0.15) is 0 Å². The second kappa shape index (κ2) is 7.97. The van der Waals surface area contributed by atoms with Crippen molar-refractivity contribution in [3.8, 4) is 0 Å². The quantitative estimate of drug-likeness (QED) is 0.598. The van der Waals surface area contributed by atoms with E-state index in [-0.39, 0.29) is 36.2 Å². The predicted molar refractivity (Wildman–Crippen MR) is 79.2 cm³/mol. The van der Waals surface area contributed by atoms with Crippen LogP contribution >= 0.6 is 0 Å². The van der Waals surface area contributed by atoms with Crippen LogP contribution in [0, 0.1) is 5.92 Å². The van der Waals surface area contributed by atoms with Crippen LogP contribution in [0.1, 0.15) is 33.6 Å². The molecule has 1 aliphatic heterocycles. The third-order valence-corrected chi connectivity index (χ3v) is 3.65. The molecule has 0 aliphatic carbocycles. The van der Waals surface area contributed by atoms with Crippen molar-refractivity contribution in [2.45, 2.75) is 45.7 Å². The van der Waals surface area contributed by atoms with Crippen LogP contribution < -0.4 is 16.4 Å². The number of amides is 3. The summed E-state index contributed by atoms with van der Waals surface area (Å²) in [4.78, 5) is 36.7. The van der Waals surface area contributed by atoms with Gasteiger partial charge in [0.1, 0.15) is 0 Å². The Balaban J connectivity index is 2.29. The first kappa shape index (κ1) is 17.4. The topological polar surface area (TPSA) is 105 Å². The van der Waals surface area contributed by atoms with Gasteiger partial charge in [-0.25, -0.2) is 0 Å². The predicted octanol–water partition coefficient (Wildman–Crippen LogP) is -0.787. The molecule has 0 aromatic carbocycles. The van der Waals surface area contributed by atoms with Gasteiger partial charge >= 0.3 is 0 Å². The fraction of sp³-hybridized carbons (Fsp3) is 0.786. The Kier molecular flexibility index (Phi) is 6.61. The van der Waals surface area contributed by atoms with Crippen LogP contribution in [0.5, 0.6) is 0 Å². The summed E-state index contributed by atoms with van der Waals surface area (Å²) >= 11 is 0. The zero-order chi connectivity index (χ0) is 16.0. The number of nitrogens with two attached hydrogens (primary N) is 1. The Morgan fingerprint density at radius 2 is 2.00 bits per heavy atom. The molecule has 0 spiro atoms. The zero-order valence-corrected chi connectivity index (χ0v) is 13.0. The van der Waals surface area contributed by atoms with Gasteiger partial charge in [0.15, 0.2) is 0 Å². The molecule has 1 unspecified atom stereocenters. The van der Waals surface area contributed by atoms with E-state index in [9.17, 15) is 14.4 Å². The average Bonchev–Trinajstić information content (AvgIpc) is 2.91. The molecule has 4 N–H and O–H groups in total. The largest absolute Gasteiger partial charge is 0.350 e. The minimum absolute atomic E-state index is 0.0245. The van der Waals surface area contributed by atoms with Gasteiger partial charge in [0.05, 0.1) is 12.6 Å². The molecule has 120 valence electrons. The summed E-state index contributed by atoms with van der Waals surface area (Å²) in [5, 5.41) is 5.35. The maximum Gasteiger partial charge on any atom is 0.239 e. The summed E-state index contributed by atoms with van der Waals surface area (Å²) in [6.45, 7) is 6.64. The van der Waals surface area contributed by atoms with E-state index in [4.69, 9.17) is 5.73 Å². The smallest absolute Gasteiger partial charge is 0.239 e. The Labute approximate surface area is 125 Å². The number of hydrogen-bond acceptors (Lipinski definition) is 4. The van der Waals surface area contributed by atoms with Gasteiger partial charge in [0, 0.05) is 25.6 Å². The normalized spacial score (nSPS) is 19.5. The number of nitrogens with zero attached hydrogens (tertiary/aromatic N) is 1. The highest BCUT2D eigenvalue weighted by atomic mass is 16.2. The second-order valence-electron chi connectivity index (χ2n) is 5.73. The third kappa shape index (κ3) is 5.34. The van der Waals surface area contributed by atoms with Crippen LogP contribution in [0.15, 0.2) is 0 Å². The molecule has 7 nitrogen and oxygen atoms in total. The molecule has 0 bridgehead atoms. The van der Waals surface area contributed by atoms with Crippen LogP contribution in [-0.2, 0) is 14.4 Å². The highest BCUT2D eigenvalue weighted by molar-refractivity contribution is 5.87. The van der Waals surface area contributed by atoms with Crippen molar-refractivity contribution in [2.75, 3.05) is 19.6 Å². The zero-order valence-electron chi connectivity index (χ0n) is 13.0. The molecule has 0 aromatic rings. The van der Waals surface area contributed by atoms with Crippen molar-refractivity contribution in [1.82, 2.24) is 15.5 Å². The highest BCUT2D eigenvalue weighted by Crippen LogP contribution is 2.10. The molecule has 1 heterocycles. The molecule has 1 saturated heterocycles. The van der Waals surface area contributed by atoms with Gasteiger partial charge in [-0.05, 0) is 12.3 Å². The summed E-state index contributed by atoms with van der Waals surface area (Å²) in [6, 6.07) is -0.648. The molecule has 3 amide bonds. The van der Waals surface area contributed by atoms with Crippen molar-refractivity contribution >= 4 is 17.7 Å².